The molecule has 4 heteroatoms. The molecule has 0 fully saturated rings. The molecular formula is C13H14N2O2. The van der Waals surface area contributed by atoms with Gasteiger partial charge in [0.25, 0.3) is 5.91 Å². The summed E-state index contributed by atoms with van der Waals surface area (Å²) in [6.07, 6.45) is 0. The number of carbonyl (C=O) groups is 1. The molecule has 0 radical (unpaired) electrons. The monoisotopic (exact) mass is 230 g/mol. The number of para-hydroxylation sites is 2. The Kier molecular flexibility index (Phi) is 4.25. The molecule has 0 aromatic heterocycles. The van der Waals surface area contributed by atoms with Gasteiger partial charge in [0.1, 0.15) is 5.75 Å². The minimum atomic E-state index is -0.315. The van der Waals surface area contributed by atoms with Crippen molar-refractivity contribution in [2.75, 3.05) is 5.32 Å². The average molecular weight is 230 g/mol. The first-order chi connectivity index (χ1) is 7.77. The molecule has 88 valence electrons. The Labute approximate surface area is 99.5 Å². The summed E-state index contributed by atoms with van der Waals surface area (Å²) in [7, 11) is 0. The molecule has 2 aromatic rings. The smallest absolute Gasteiger partial charge is 0.259 e. The first-order valence-electron chi connectivity index (χ1n) is 4.92. The molecule has 4 nitrogen and oxygen atoms in total. The molecule has 0 aliphatic rings. The van der Waals surface area contributed by atoms with E-state index in [-0.39, 0.29) is 23.4 Å². The number of phenolic OH excluding ortho intramolecular Hbond substituents is 1. The SMILES string of the molecule is N.O=C(Nc1ccccc1)c1ccccc1O. The maximum Gasteiger partial charge on any atom is 0.259 e. The van der Waals surface area contributed by atoms with E-state index in [4.69, 9.17) is 0 Å². The summed E-state index contributed by atoms with van der Waals surface area (Å²) < 4.78 is 0. The van der Waals surface area contributed by atoms with E-state index in [9.17, 15) is 9.90 Å². The Hall–Kier alpha value is -2.33. The van der Waals surface area contributed by atoms with Crippen molar-refractivity contribution in [1.29, 1.82) is 0 Å². The van der Waals surface area contributed by atoms with Crippen LogP contribution >= 0.6 is 0 Å². The standard InChI is InChI=1S/C13H11NO2.H3N/c15-12-9-5-4-8-11(12)13(16)14-10-6-2-1-3-7-10;/h1-9,15H,(H,14,16);1H3. The third kappa shape index (κ3) is 3.06. The number of benzene rings is 2. The largest absolute Gasteiger partial charge is 0.507 e. The van der Waals surface area contributed by atoms with Crippen LogP contribution in [0, 0.1) is 0 Å². The zero-order valence-corrected chi connectivity index (χ0v) is 9.26. The molecule has 17 heavy (non-hydrogen) atoms. The summed E-state index contributed by atoms with van der Waals surface area (Å²) >= 11 is 0. The Bertz CT molecular complexity index is 498. The molecule has 0 aliphatic carbocycles. The van der Waals surface area contributed by atoms with Crippen molar-refractivity contribution in [3.05, 3.63) is 60.2 Å². The van der Waals surface area contributed by atoms with Gasteiger partial charge in [0, 0.05) is 5.69 Å². The summed E-state index contributed by atoms with van der Waals surface area (Å²) in [6.45, 7) is 0. The van der Waals surface area contributed by atoms with Crippen molar-refractivity contribution in [3.8, 4) is 5.75 Å². The first-order valence-corrected chi connectivity index (χ1v) is 4.92. The van der Waals surface area contributed by atoms with Gasteiger partial charge < -0.3 is 16.6 Å². The maximum atomic E-state index is 11.8. The Balaban J connectivity index is 0.00000144. The third-order valence-corrected chi connectivity index (χ3v) is 2.18. The van der Waals surface area contributed by atoms with Crippen LogP contribution in [-0.4, -0.2) is 11.0 Å². The van der Waals surface area contributed by atoms with Gasteiger partial charge in [-0.25, -0.2) is 0 Å². The van der Waals surface area contributed by atoms with E-state index in [1.54, 1.807) is 30.3 Å². The van der Waals surface area contributed by atoms with Crippen LogP contribution in [0.2, 0.25) is 0 Å². The van der Waals surface area contributed by atoms with Crippen molar-refractivity contribution in [2.24, 2.45) is 0 Å². The number of hydrogen-bond donors (Lipinski definition) is 3. The van der Waals surface area contributed by atoms with Crippen LogP contribution in [0.1, 0.15) is 10.4 Å². The van der Waals surface area contributed by atoms with Crippen molar-refractivity contribution in [1.82, 2.24) is 6.15 Å². The number of carbonyl (C=O) groups excluding carboxylic acids is 1. The van der Waals surface area contributed by atoms with Crippen LogP contribution in [0.4, 0.5) is 5.69 Å². The van der Waals surface area contributed by atoms with Gasteiger partial charge in [0.05, 0.1) is 5.56 Å². The first kappa shape index (κ1) is 12.7. The Morgan fingerprint density at radius 2 is 1.53 bits per heavy atom. The van der Waals surface area contributed by atoms with Gasteiger partial charge in [-0.2, -0.15) is 0 Å². The zero-order chi connectivity index (χ0) is 11.4. The van der Waals surface area contributed by atoms with Gasteiger partial charge in [0.15, 0.2) is 0 Å². The van der Waals surface area contributed by atoms with Gasteiger partial charge in [0.2, 0.25) is 0 Å². The minimum Gasteiger partial charge on any atom is -0.507 e. The van der Waals surface area contributed by atoms with Gasteiger partial charge in [-0.3, -0.25) is 4.79 Å². The molecule has 0 saturated heterocycles. The number of aromatic hydroxyl groups is 1. The summed E-state index contributed by atoms with van der Waals surface area (Å²) in [5.74, 6) is -0.333. The van der Waals surface area contributed by atoms with E-state index in [0.717, 1.165) is 0 Å². The van der Waals surface area contributed by atoms with Crippen molar-refractivity contribution in [2.45, 2.75) is 0 Å². The molecular weight excluding hydrogens is 216 g/mol. The number of phenols is 1. The number of amides is 1. The van der Waals surface area contributed by atoms with Crippen molar-refractivity contribution < 1.29 is 9.90 Å². The fraction of sp³-hybridized carbons (Fsp3) is 0. The van der Waals surface area contributed by atoms with Crippen LogP contribution in [0.3, 0.4) is 0 Å². The Morgan fingerprint density at radius 1 is 0.941 bits per heavy atom. The summed E-state index contributed by atoms with van der Waals surface area (Å²) in [4.78, 5) is 11.8. The molecule has 1 amide bonds. The lowest BCUT2D eigenvalue weighted by Crippen LogP contribution is -2.11. The summed E-state index contributed by atoms with van der Waals surface area (Å²) in [5.41, 5.74) is 0.974. The predicted molar refractivity (Wildman–Crippen MR) is 67.5 cm³/mol. The van der Waals surface area contributed by atoms with E-state index in [0.29, 0.717) is 5.69 Å². The molecule has 0 atom stereocenters. The lowest BCUT2D eigenvalue weighted by molar-refractivity contribution is 0.102. The fourth-order valence-electron chi connectivity index (χ4n) is 1.39. The highest BCUT2D eigenvalue weighted by molar-refractivity contribution is 6.06. The topological polar surface area (TPSA) is 84.3 Å². The van der Waals surface area contributed by atoms with Crippen LogP contribution in [-0.2, 0) is 0 Å². The molecule has 0 bridgehead atoms. The number of rotatable bonds is 2. The average Bonchev–Trinajstić information content (AvgIpc) is 2.31. The second-order valence-electron chi connectivity index (χ2n) is 3.34. The van der Waals surface area contributed by atoms with E-state index in [2.05, 4.69) is 5.32 Å². The highest BCUT2D eigenvalue weighted by atomic mass is 16.3. The molecule has 0 unspecified atom stereocenters. The van der Waals surface area contributed by atoms with Gasteiger partial charge >= 0.3 is 0 Å². The van der Waals surface area contributed by atoms with Crippen LogP contribution in [0.25, 0.3) is 0 Å². The van der Waals surface area contributed by atoms with E-state index >= 15 is 0 Å². The molecule has 2 aromatic carbocycles. The summed E-state index contributed by atoms with van der Waals surface area (Å²) in [5, 5.41) is 12.2. The number of nitrogens with one attached hydrogen (secondary N) is 1. The van der Waals surface area contributed by atoms with Gasteiger partial charge in [-0.15, -0.1) is 0 Å². The highest BCUT2D eigenvalue weighted by Crippen LogP contribution is 2.17. The third-order valence-electron chi connectivity index (χ3n) is 2.18. The Morgan fingerprint density at radius 3 is 2.18 bits per heavy atom. The minimum absolute atomic E-state index is 0. The number of anilines is 1. The lowest BCUT2D eigenvalue weighted by atomic mass is 10.2. The van der Waals surface area contributed by atoms with E-state index < -0.39 is 0 Å². The second-order valence-corrected chi connectivity index (χ2v) is 3.34. The molecule has 0 aliphatic heterocycles. The second kappa shape index (κ2) is 5.67. The quantitative estimate of drug-likeness (QED) is 0.741. The van der Waals surface area contributed by atoms with E-state index in [1.165, 1.54) is 6.07 Å². The molecule has 0 heterocycles. The van der Waals surface area contributed by atoms with E-state index in [1.807, 2.05) is 18.2 Å². The van der Waals surface area contributed by atoms with Crippen molar-refractivity contribution >= 4 is 11.6 Å². The molecule has 0 spiro atoms. The molecule has 5 N–H and O–H groups in total. The molecule has 0 saturated carbocycles. The fourth-order valence-corrected chi connectivity index (χ4v) is 1.39. The van der Waals surface area contributed by atoms with Crippen LogP contribution in [0.5, 0.6) is 5.75 Å². The maximum absolute atomic E-state index is 11.8. The van der Waals surface area contributed by atoms with Crippen molar-refractivity contribution in [3.63, 3.8) is 0 Å². The predicted octanol–water partition coefficient (Wildman–Crippen LogP) is 2.81. The zero-order valence-electron chi connectivity index (χ0n) is 9.26. The normalized spacial score (nSPS) is 9.18. The summed E-state index contributed by atoms with van der Waals surface area (Å²) in [6, 6.07) is 15.6. The van der Waals surface area contributed by atoms with Gasteiger partial charge in [-0.1, -0.05) is 30.3 Å². The molecule has 2 rings (SSSR count). The lowest BCUT2D eigenvalue weighted by Gasteiger charge is -2.05. The van der Waals surface area contributed by atoms with Crippen LogP contribution < -0.4 is 11.5 Å². The van der Waals surface area contributed by atoms with Gasteiger partial charge in [-0.05, 0) is 24.3 Å². The van der Waals surface area contributed by atoms with Crippen LogP contribution in [0.15, 0.2) is 54.6 Å². The highest BCUT2D eigenvalue weighted by Gasteiger charge is 2.09. The number of hydrogen-bond acceptors (Lipinski definition) is 3.